The lowest BCUT2D eigenvalue weighted by molar-refractivity contribution is 0.680. The molecule has 0 aliphatic heterocycles. The van der Waals surface area contributed by atoms with E-state index in [9.17, 15) is 4.79 Å². The summed E-state index contributed by atoms with van der Waals surface area (Å²) in [6.07, 6.45) is 3.42. The Labute approximate surface area is 171 Å². The third-order valence-corrected chi connectivity index (χ3v) is 5.19. The minimum Gasteiger partial charge on any atom is -0.319 e. The molecule has 2 aromatic heterocycles. The molecule has 0 saturated carbocycles. The van der Waals surface area contributed by atoms with Gasteiger partial charge in [0.1, 0.15) is 10.8 Å². The molecule has 0 spiro atoms. The summed E-state index contributed by atoms with van der Waals surface area (Å²) in [7, 11) is 0. The number of halogens is 2. The van der Waals surface area contributed by atoms with Gasteiger partial charge < -0.3 is 4.98 Å². The van der Waals surface area contributed by atoms with Gasteiger partial charge in [0, 0.05) is 10.6 Å². The lowest BCUT2D eigenvalue weighted by Crippen LogP contribution is -2.11. The Bertz CT molecular complexity index is 1260. The van der Waals surface area contributed by atoms with Crippen molar-refractivity contribution in [3.05, 3.63) is 91.6 Å². The van der Waals surface area contributed by atoms with Crippen molar-refractivity contribution in [1.82, 2.24) is 19.7 Å². The predicted octanol–water partition coefficient (Wildman–Crippen LogP) is 4.95. The van der Waals surface area contributed by atoms with Gasteiger partial charge in [-0.1, -0.05) is 53.5 Å². The van der Waals surface area contributed by atoms with Gasteiger partial charge in [0.25, 0.3) is 5.56 Å². The van der Waals surface area contributed by atoms with Crippen molar-refractivity contribution < 1.29 is 0 Å². The summed E-state index contributed by atoms with van der Waals surface area (Å²) >= 11 is 12.8. The molecule has 0 saturated heterocycles. The molecule has 0 aliphatic carbocycles. The lowest BCUT2D eigenvalue weighted by Gasteiger charge is -2.05. The van der Waals surface area contributed by atoms with Crippen molar-refractivity contribution in [2.45, 2.75) is 13.5 Å². The molecule has 2 heterocycles. The van der Waals surface area contributed by atoms with E-state index in [0.29, 0.717) is 27.9 Å². The smallest absolute Gasteiger partial charge is 0.274 e. The van der Waals surface area contributed by atoms with Crippen molar-refractivity contribution in [1.29, 1.82) is 0 Å². The third-order valence-electron chi connectivity index (χ3n) is 4.42. The quantitative estimate of drug-likeness (QED) is 0.517. The second kappa shape index (κ2) is 7.62. The molecular weight excluding hydrogens is 395 g/mol. The molecule has 0 fully saturated rings. The molecule has 0 aliphatic rings. The molecule has 0 atom stereocenters. The van der Waals surface area contributed by atoms with E-state index in [1.807, 2.05) is 55.5 Å². The molecule has 28 heavy (non-hydrogen) atoms. The van der Waals surface area contributed by atoms with Gasteiger partial charge in [-0.05, 0) is 42.8 Å². The highest BCUT2D eigenvalue weighted by atomic mass is 35.5. The molecule has 5 nitrogen and oxygen atoms in total. The minimum absolute atomic E-state index is 0.257. The highest BCUT2D eigenvalue weighted by Gasteiger charge is 2.13. The molecular formula is C21H16Cl2N4O. The van der Waals surface area contributed by atoms with Crippen LogP contribution in [0.15, 0.2) is 53.3 Å². The van der Waals surface area contributed by atoms with Crippen LogP contribution >= 0.6 is 23.2 Å². The Morgan fingerprint density at radius 2 is 1.82 bits per heavy atom. The van der Waals surface area contributed by atoms with Crippen LogP contribution in [0.3, 0.4) is 0 Å². The van der Waals surface area contributed by atoms with E-state index >= 15 is 0 Å². The molecule has 140 valence electrons. The average molecular weight is 411 g/mol. The van der Waals surface area contributed by atoms with Gasteiger partial charge in [-0.25, -0.2) is 9.67 Å². The van der Waals surface area contributed by atoms with Crippen molar-refractivity contribution in [3.8, 4) is 0 Å². The predicted molar refractivity (Wildman–Crippen MR) is 114 cm³/mol. The molecule has 1 N–H and O–H groups in total. The first-order valence-electron chi connectivity index (χ1n) is 8.66. The first kappa shape index (κ1) is 18.5. The molecule has 0 amide bonds. The fraction of sp³-hybridized carbons (Fsp3) is 0.0952. The van der Waals surface area contributed by atoms with E-state index in [1.54, 1.807) is 16.8 Å². The van der Waals surface area contributed by atoms with E-state index in [4.69, 9.17) is 23.2 Å². The number of rotatable bonds is 4. The number of benzene rings is 2. The number of aromatic nitrogens is 4. The van der Waals surface area contributed by atoms with Crippen molar-refractivity contribution in [2.24, 2.45) is 0 Å². The topological polar surface area (TPSA) is 63.6 Å². The van der Waals surface area contributed by atoms with Crippen molar-refractivity contribution >= 4 is 46.4 Å². The van der Waals surface area contributed by atoms with Gasteiger partial charge in [-0.2, -0.15) is 5.10 Å². The van der Waals surface area contributed by atoms with E-state index < -0.39 is 0 Å². The summed E-state index contributed by atoms with van der Waals surface area (Å²) in [5, 5.41) is 5.64. The summed E-state index contributed by atoms with van der Waals surface area (Å²) in [5.74, 6) is 0. The van der Waals surface area contributed by atoms with Crippen LogP contribution in [-0.4, -0.2) is 19.7 Å². The van der Waals surface area contributed by atoms with Crippen molar-refractivity contribution in [3.63, 3.8) is 0 Å². The summed E-state index contributed by atoms with van der Waals surface area (Å²) in [6.45, 7) is 2.33. The molecule has 0 unspecified atom stereocenters. The van der Waals surface area contributed by atoms with Crippen LogP contribution in [-0.2, 0) is 6.54 Å². The van der Waals surface area contributed by atoms with E-state index in [0.717, 1.165) is 22.3 Å². The summed E-state index contributed by atoms with van der Waals surface area (Å²) in [5.41, 5.74) is 3.90. The number of para-hydroxylation sites is 2. The number of fused-ring (bicyclic) bond motifs is 1. The Balaban J connectivity index is 1.67. The fourth-order valence-electron chi connectivity index (χ4n) is 2.97. The number of aromatic amines is 1. The first-order chi connectivity index (χ1) is 13.5. The van der Waals surface area contributed by atoms with Gasteiger partial charge in [0.2, 0.25) is 0 Å². The maximum atomic E-state index is 12.3. The number of nitrogens with one attached hydrogen (secondary N) is 1. The van der Waals surface area contributed by atoms with E-state index in [2.05, 4.69) is 15.1 Å². The second-order valence-corrected chi connectivity index (χ2v) is 7.11. The standard InChI is InChI=1S/C21H16Cl2N4O/c1-13-15(20(23)27(26-13)12-14-6-2-3-7-16(14)22)10-11-19-21(28)25-18-9-5-4-8-17(18)24-19/h2-11H,12H2,1H3,(H,25,28)/b11-10+. The van der Waals surface area contributed by atoms with E-state index in [1.165, 1.54) is 0 Å². The third kappa shape index (κ3) is 3.59. The van der Waals surface area contributed by atoms with Crippen LogP contribution < -0.4 is 5.56 Å². The van der Waals surface area contributed by atoms with Crippen LogP contribution in [0.5, 0.6) is 0 Å². The summed E-state index contributed by atoms with van der Waals surface area (Å²) in [6, 6.07) is 15.0. The minimum atomic E-state index is -0.257. The monoisotopic (exact) mass is 410 g/mol. The van der Waals surface area contributed by atoms with Gasteiger partial charge in [0.05, 0.1) is 23.3 Å². The number of hydrogen-bond donors (Lipinski definition) is 1. The summed E-state index contributed by atoms with van der Waals surface area (Å²) in [4.78, 5) is 19.5. The second-order valence-electron chi connectivity index (χ2n) is 6.34. The molecule has 2 aromatic carbocycles. The van der Waals surface area contributed by atoms with Crippen molar-refractivity contribution in [2.75, 3.05) is 0 Å². The lowest BCUT2D eigenvalue weighted by atomic mass is 10.2. The summed E-state index contributed by atoms with van der Waals surface area (Å²) < 4.78 is 1.69. The zero-order valence-corrected chi connectivity index (χ0v) is 16.5. The maximum absolute atomic E-state index is 12.3. The van der Waals surface area contributed by atoms with Gasteiger partial charge >= 0.3 is 0 Å². The van der Waals surface area contributed by atoms with Crippen LogP contribution in [0.2, 0.25) is 10.2 Å². The van der Waals surface area contributed by atoms with Gasteiger partial charge in [-0.15, -0.1) is 0 Å². The fourth-order valence-corrected chi connectivity index (χ4v) is 3.46. The number of H-pyrrole nitrogens is 1. The van der Waals surface area contributed by atoms with Crippen LogP contribution in [0, 0.1) is 6.92 Å². The zero-order valence-electron chi connectivity index (χ0n) is 15.0. The largest absolute Gasteiger partial charge is 0.319 e. The molecule has 0 radical (unpaired) electrons. The zero-order chi connectivity index (χ0) is 19.7. The highest BCUT2D eigenvalue weighted by Crippen LogP contribution is 2.24. The molecule has 7 heteroatoms. The Morgan fingerprint density at radius 3 is 2.64 bits per heavy atom. The SMILES string of the molecule is Cc1nn(Cc2ccccc2Cl)c(Cl)c1/C=C/c1nc2ccccc2[nH]c1=O. The van der Waals surface area contributed by atoms with Crippen LogP contribution in [0.1, 0.15) is 22.5 Å². The Kier molecular flexibility index (Phi) is 5.03. The van der Waals surface area contributed by atoms with Gasteiger partial charge in [-0.3, -0.25) is 4.79 Å². The Hall–Kier alpha value is -2.89. The molecule has 4 aromatic rings. The normalized spacial score (nSPS) is 11.5. The number of aryl methyl sites for hydroxylation is 1. The first-order valence-corrected chi connectivity index (χ1v) is 9.42. The van der Waals surface area contributed by atoms with E-state index in [-0.39, 0.29) is 5.56 Å². The Morgan fingerprint density at radius 1 is 1.07 bits per heavy atom. The number of hydrogen-bond acceptors (Lipinski definition) is 3. The van der Waals surface area contributed by atoms with Crippen LogP contribution in [0.25, 0.3) is 23.2 Å². The maximum Gasteiger partial charge on any atom is 0.274 e. The molecule has 0 bridgehead atoms. The average Bonchev–Trinajstić information content (AvgIpc) is 2.95. The highest BCUT2D eigenvalue weighted by molar-refractivity contribution is 6.32. The number of nitrogens with zero attached hydrogens (tertiary/aromatic N) is 3. The molecule has 4 rings (SSSR count). The van der Waals surface area contributed by atoms with Gasteiger partial charge in [0.15, 0.2) is 0 Å². The van der Waals surface area contributed by atoms with Crippen LogP contribution in [0.4, 0.5) is 0 Å².